The number of hydrogen-bond acceptors (Lipinski definition) is 2. The first-order valence-electron chi connectivity index (χ1n) is 7.41. The monoisotopic (exact) mass is 291 g/mol. The number of anilines is 1. The summed E-state index contributed by atoms with van der Waals surface area (Å²) in [5, 5.41) is 0. The molecule has 0 saturated carbocycles. The fourth-order valence-corrected chi connectivity index (χ4v) is 2.90. The highest BCUT2D eigenvalue weighted by molar-refractivity contribution is 6.34. The fraction of sp³-hybridized carbons (Fsp3) is 0.158. The van der Waals surface area contributed by atoms with Gasteiger partial charge in [0.05, 0.1) is 16.8 Å². The van der Waals surface area contributed by atoms with Crippen molar-refractivity contribution >= 4 is 23.1 Å². The third-order valence-electron chi connectivity index (χ3n) is 4.01. The van der Waals surface area contributed by atoms with Gasteiger partial charge < -0.3 is 0 Å². The van der Waals surface area contributed by atoms with Crippen molar-refractivity contribution in [1.29, 1.82) is 0 Å². The lowest BCUT2D eigenvalue weighted by molar-refractivity contribution is 0.0926. The van der Waals surface area contributed by atoms with E-state index >= 15 is 0 Å². The van der Waals surface area contributed by atoms with Gasteiger partial charge in [-0.2, -0.15) is 0 Å². The van der Waals surface area contributed by atoms with Gasteiger partial charge in [-0.1, -0.05) is 43.3 Å². The number of carbonyl (C=O) groups is 2. The van der Waals surface area contributed by atoms with Crippen molar-refractivity contribution < 1.29 is 9.59 Å². The van der Waals surface area contributed by atoms with Crippen molar-refractivity contribution in [3.63, 3.8) is 0 Å². The predicted octanol–water partition coefficient (Wildman–Crippen LogP) is 4.30. The molecule has 0 bridgehead atoms. The molecular weight excluding hydrogens is 274 g/mol. The molecule has 0 saturated heterocycles. The SMILES string of the molecule is C/C=C(\CC)c1ccccc1N1C(=O)c2ccccc2C1=O. The van der Waals surface area contributed by atoms with Crippen LogP contribution < -0.4 is 4.90 Å². The number of allylic oxidation sites excluding steroid dienone is 2. The van der Waals surface area contributed by atoms with Gasteiger partial charge >= 0.3 is 0 Å². The molecule has 2 aromatic rings. The van der Waals surface area contributed by atoms with E-state index in [1.807, 2.05) is 37.3 Å². The average Bonchev–Trinajstić information content (AvgIpc) is 2.81. The number of hydrogen-bond donors (Lipinski definition) is 0. The number of benzene rings is 2. The number of nitrogens with zero attached hydrogens (tertiary/aromatic N) is 1. The molecule has 2 amide bonds. The van der Waals surface area contributed by atoms with Crippen LogP contribution in [0, 0.1) is 0 Å². The molecule has 0 atom stereocenters. The largest absolute Gasteiger partial charge is 0.268 e. The minimum absolute atomic E-state index is 0.250. The van der Waals surface area contributed by atoms with Gasteiger partial charge in [0, 0.05) is 5.56 Å². The van der Waals surface area contributed by atoms with Crippen LogP contribution in [0.25, 0.3) is 5.57 Å². The van der Waals surface area contributed by atoms with E-state index < -0.39 is 0 Å². The molecule has 0 N–H and O–H groups in total. The summed E-state index contributed by atoms with van der Waals surface area (Å²) in [6, 6.07) is 14.5. The summed E-state index contributed by atoms with van der Waals surface area (Å²) < 4.78 is 0. The Morgan fingerprint density at radius 2 is 1.50 bits per heavy atom. The summed E-state index contributed by atoms with van der Waals surface area (Å²) in [6.07, 6.45) is 2.87. The molecule has 0 unspecified atom stereocenters. The summed E-state index contributed by atoms with van der Waals surface area (Å²) in [5.74, 6) is -0.501. The molecule has 0 aliphatic carbocycles. The molecule has 0 radical (unpaired) electrons. The molecule has 2 aromatic carbocycles. The van der Waals surface area contributed by atoms with Crippen LogP contribution in [0.15, 0.2) is 54.6 Å². The van der Waals surface area contributed by atoms with E-state index in [4.69, 9.17) is 0 Å². The van der Waals surface area contributed by atoms with Crippen LogP contribution in [0.1, 0.15) is 46.5 Å². The van der Waals surface area contributed by atoms with Crippen LogP contribution in [-0.4, -0.2) is 11.8 Å². The topological polar surface area (TPSA) is 37.4 Å². The Morgan fingerprint density at radius 3 is 2.05 bits per heavy atom. The average molecular weight is 291 g/mol. The van der Waals surface area contributed by atoms with Crippen molar-refractivity contribution in [3.8, 4) is 0 Å². The molecule has 0 aromatic heterocycles. The lowest BCUT2D eigenvalue weighted by Crippen LogP contribution is -2.30. The van der Waals surface area contributed by atoms with Crippen LogP contribution in [0.5, 0.6) is 0 Å². The van der Waals surface area contributed by atoms with Gasteiger partial charge in [0.15, 0.2) is 0 Å². The molecule has 22 heavy (non-hydrogen) atoms. The summed E-state index contributed by atoms with van der Waals surface area (Å²) in [5.41, 5.74) is 3.65. The zero-order chi connectivity index (χ0) is 15.7. The molecule has 110 valence electrons. The number of carbonyl (C=O) groups excluding carboxylic acids is 2. The Hall–Kier alpha value is -2.68. The predicted molar refractivity (Wildman–Crippen MR) is 88.0 cm³/mol. The van der Waals surface area contributed by atoms with Crippen molar-refractivity contribution in [1.82, 2.24) is 0 Å². The summed E-state index contributed by atoms with van der Waals surface area (Å²) in [4.78, 5) is 26.6. The molecule has 3 rings (SSSR count). The lowest BCUT2D eigenvalue weighted by atomic mass is 10.0. The van der Waals surface area contributed by atoms with Gasteiger partial charge in [0.25, 0.3) is 11.8 Å². The number of para-hydroxylation sites is 1. The minimum Gasteiger partial charge on any atom is -0.268 e. The maximum atomic E-state index is 12.6. The minimum atomic E-state index is -0.250. The maximum Gasteiger partial charge on any atom is 0.266 e. The second-order valence-electron chi connectivity index (χ2n) is 5.18. The van der Waals surface area contributed by atoms with E-state index in [1.165, 1.54) is 4.90 Å². The molecule has 3 heteroatoms. The number of amides is 2. The van der Waals surface area contributed by atoms with Gasteiger partial charge in [-0.15, -0.1) is 0 Å². The Labute approximate surface area is 129 Å². The van der Waals surface area contributed by atoms with Crippen molar-refractivity contribution in [2.24, 2.45) is 0 Å². The highest BCUT2D eigenvalue weighted by Crippen LogP contribution is 2.34. The van der Waals surface area contributed by atoms with Gasteiger partial charge in [-0.05, 0) is 37.1 Å². The first-order valence-corrected chi connectivity index (χ1v) is 7.41. The van der Waals surface area contributed by atoms with Crippen LogP contribution in [-0.2, 0) is 0 Å². The van der Waals surface area contributed by atoms with Crippen LogP contribution in [0.4, 0.5) is 5.69 Å². The van der Waals surface area contributed by atoms with E-state index in [1.54, 1.807) is 24.3 Å². The number of rotatable bonds is 3. The van der Waals surface area contributed by atoms with E-state index in [2.05, 4.69) is 6.92 Å². The number of imide groups is 1. The van der Waals surface area contributed by atoms with E-state index in [0.717, 1.165) is 17.6 Å². The van der Waals surface area contributed by atoms with Crippen LogP contribution >= 0.6 is 0 Å². The maximum absolute atomic E-state index is 12.6. The van der Waals surface area contributed by atoms with Crippen molar-refractivity contribution in [2.45, 2.75) is 20.3 Å². The first-order chi connectivity index (χ1) is 10.7. The molecule has 1 aliphatic rings. The lowest BCUT2D eigenvalue weighted by Gasteiger charge is -2.19. The molecule has 1 heterocycles. The molecule has 1 aliphatic heterocycles. The van der Waals surface area contributed by atoms with Crippen molar-refractivity contribution in [3.05, 3.63) is 71.3 Å². The van der Waals surface area contributed by atoms with E-state index in [-0.39, 0.29) is 11.8 Å². The highest BCUT2D eigenvalue weighted by atomic mass is 16.2. The summed E-state index contributed by atoms with van der Waals surface area (Å²) >= 11 is 0. The standard InChI is InChI=1S/C19H17NO2/c1-3-13(4-2)14-9-7-8-12-17(14)20-18(21)15-10-5-6-11-16(15)19(20)22/h3,5-12H,4H2,1-2H3/b13-3+. The third-order valence-corrected chi connectivity index (χ3v) is 4.01. The third kappa shape index (κ3) is 2.06. The van der Waals surface area contributed by atoms with Gasteiger partial charge in [-0.3, -0.25) is 9.59 Å². The Balaban J connectivity index is 2.15. The fourth-order valence-electron chi connectivity index (χ4n) is 2.90. The summed E-state index contributed by atoms with van der Waals surface area (Å²) in [7, 11) is 0. The van der Waals surface area contributed by atoms with Gasteiger partial charge in [0.1, 0.15) is 0 Å². The zero-order valence-corrected chi connectivity index (χ0v) is 12.7. The van der Waals surface area contributed by atoms with Gasteiger partial charge in [0.2, 0.25) is 0 Å². The van der Waals surface area contributed by atoms with Crippen LogP contribution in [0.2, 0.25) is 0 Å². The summed E-state index contributed by atoms with van der Waals surface area (Å²) in [6.45, 7) is 4.03. The second-order valence-corrected chi connectivity index (χ2v) is 5.18. The number of fused-ring (bicyclic) bond motifs is 1. The molecule has 0 fully saturated rings. The zero-order valence-electron chi connectivity index (χ0n) is 12.7. The van der Waals surface area contributed by atoms with Gasteiger partial charge in [-0.25, -0.2) is 4.90 Å². The highest BCUT2D eigenvalue weighted by Gasteiger charge is 2.37. The molecule has 3 nitrogen and oxygen atoms in total. The Kier molecular flexibility index (Phi) is 3.63. The van der Waals surface area contributed by atoms with Crippen LogP contribution in [0.3, 0.4) is 0 Å². The Bertz CT molecular complexity index is 755. The molecular formula is C19H17NO2. The smallest absolute Gasteiger partial charge is 0.266 e. The van der Waals surface area contributed by atoms with E-state index in [9.17, 15) is 9.59 Å². The normalized spacial score (nSPS) is 14.5. The van der Waals surface area contributed by atoms with Crippen molar-refractivity contribution in [2.75, 3.05) is 4.90 Å². The first kappa shape index (κ1) is 14.3. The molecule has 0 spiro atoms. The Morgan fingerprint density at radius 1 is 0.955 bits per heavy atom. The second kappa shape index (κ2) is 5.60. The quantitative estimate of drug-likeness (QED) is 0.791. The van der Waals surface area contributed by atoms with E-state index in [0.29, 0.717) is 16.8 Å².